The summed E-state index contributed by atoms with van der Waals surface area (Å²) in [6, 6.07) is 9.21. The van der Waals surface area contributed by atoms with Crippen LogP contribution in [0.3, 0.4) is 0 Å². The SMILES string of the molecule is COC(=O)c1c(OC[C@@H]2CC(=O)N(C)C2)cc(=O)n2c1CCN(C/C=C/c1ccc(OC)cc1)CC2. The zero-order valence-corrected chi connectivity index (χ0v) is 21.1. The van der Waals surface area contributed by atoms with Gasteiger partial charge in [-0.3, -0.25) is 14.5 Å². The Morgan fingerprint density at radius 1 is 1.11 bits per heavy atom. The van der Waals surface area contributed by atoms with Crippen molar-refractivity contribution in [1.82, 2.24) is 14.4 Å². The van der Waals surface area contributed by atoms with Crippen molar-refractivity contribution in [3.05, 3.63) is 63.6 Å². The Balaban J connectivity index is 1.48. The summed E-state index contributed by atoms with van der Waals surface area (Å²) in [5, 5.41) is 0. The third-order valence-corrected chi connectivity index (χ3v) is 6.76. The number of esters is 1. The van der Waals surface area contributed by atoms with Crippen LogP contribution in [0.4, 0.5) is 0 Å². The summed E-state index contributed by atoms with van der Waals surface area (Å²) in [4.78, 5) is 41.5. The molecule has 3 heterocycles. The lowest BCUT2D eigenvalue weighted by Gasteiger charge is -2.18. The van der Waals surface area contributed by atoms with Gasteiger partial charge in [-0.1, -0.05) is 24.3 Å². The first-order chi connectivity index (χ1) is 17.4. The molecule has 1 atom stereocenters. The summed E-state index contributed by atoms with van der Waals surface area (Å²) in [5.41, 5.74) is 1.80. The van der Waals surface area contributed by atoms with E-state index in [0.717, 1.165) is 17.9 Å². The molecular formula is C27H33N3O6. The highest BCUT2D eigenvalue weighted by molar-refractivity contribution is 5.93. The second-order valence-corrected chi connectivity index (χ2v) is 9.19. The molecule has 1 saturated heterocycles. The first-order valence-electron chi connectivity index (χ1n) is 12.1. The van der Waals surface area contributed by atoms with E-state index in [4.69, 9.17) is 14.2 Å². The minimum absolute atomic E-state index is 0.0162. The zero-order chi connectivity index (χ0) is 25.7. The molecule has 0 radical (unpaired) electrons. The third-order valence-electron chi connectivity index (χ3n) is 6.76. The number of likely N-dealkylation sites (tertiary alicyclic amines) is 1. The molecule has 1 amide bonds. The van der Waals surface area contributed by atoms with Crippen LogP contribution < -0.4 is 15.0 Å². The topological polar surface area (TPSA) is 90.3 Å². The predicted molar refractivity (Wildman–Crippen MR) is 135 cm³/mol. The van der Waals surface area contributed by atoms with Gasteiger partial charge >= 0.3 is 5.97 Å². The van der Waals surface area contributed by atoms with E-state index in [-0.39, 0.29) is 29.7 Å². The van der Waals surface area contributed by atoms with Crippen LogP contribution in [-0.4, -0.2) is 80.3 Å². The molecule has 9 nitrogen and oxygen atoms in total. The number of amides is 1. The van der Waals surface area contributed by atoms with E-state index >= 15 is 0 Å². The van der Waals surface area contributed by atoms with Crippen molar-refractivity contribution < 1.29 is 23.8 Å². The molecule has 0 aliphatic carbocycles. The van der Waals surface area contributed by atoms with E-state index in [1.165, 1.54) is 13.2 Å². The Labute approximate surface area is 210 Å². The van der Waals surface area contributed by atoms with Crippen molar-refractivity contribution in [1.29, 1.82) is 0 Å². The van der Waals surface area contributed by atoms with Crippen molar-refractivity contribution in [2.75, 3.05) is 54.1 Å². The minimum Gasteiger partial charge on any atom is -0.497 e. The molecule has 0 bridgehead atoms. The molecule has 2 aromatic rings. The normalized spacial score (nSPS) is 18.2. The van der Waals surface area contributed by atoms with E-state index in [0.29, 0.717) is 50.3 Å². The molecule has 36 heavy (non-hydrogen) atoms. The van der Waals surface area contributed by atoms with Gasteiger partial charge in [0.1, 0.15) is 17.1 Å². The van der Waals surface area contributed by atoms with Gasteiger partial charge in [0.2, 0.25) is 5.91 Å². The largest absolute Gasteiger partial charge is 0.497 e. The molecule has 1 fully saturated rings. The minimum atomic E-state index is -0.527. The number of aromatic nitrogens is 1. The second-order valence-electron chi connectivity index (χ2n) is 9.19. The number of methoxy groups -OCH3 is 2. The summed E-state index contributed by atoms with van der Waals surface area (Å²) in [6.07, 6.45) is 5.06. The number of nitrogens with zero attached hydrogens (tertiary/aromatic N) is 3. The fraction of sp³-hybridized carbons (Fsp3) is 0.444. The second kappa shape index (κ2) is 11.4. The number of carbonyl (C=O) groups is 2. The van der Waals surface area contributed by atoms with Crippen molar-refractivity contribution >= 4 is 18.0 Å². The number of benzene rings is 1. The monoisotopic (exact) mass is 495 g/mol. The summed E-state index contributed by atoms with van der Waals surface area (Å²) in [5.74, 6) is 0.605. The van der Waals surface area contributed by atoms with Crippen molar-refractivity contribution in [2.24, 2.45) is 5.92 Å². The quantitative estimate of drug-likeness (QED) is 0.518. The summed E-state index contributed by atoms with van der Waals surface area (Å²) < 4.78 is 17.9. The first kappa shape index (κ1) is 25.5. The molecule has 4 rings (SSSR count). The molecule has 9 heteroatoms. The Morgan fingerprint density at radius 2 is 1.89 bits per heavy atom. The molecule has 0 unspecified atom stereocenters. The number of ether oxygens (including phenoxy) is 3. The smallest absolute Gasteiger partial charge is 0.343 e. The average molecular weight is 496 g/mol. The van der Waals surface area contributed by atoms with Gasteiger partial charge in [0.15, 0.2) is 0 Å². The van der Waals surface area contributed by atoms with Crippen LogP contribution in [0.15, 0.2) is 41.2 Å². The van der Waals surface area contributed by atoms with Gasteiger partial charge in [-0.15, -0.1) is 0 Å². The van der Waals surface area contributed by atoms with Gasteiger partial charge < -0.3 is 23.7 Å². The van der Waals surface area contributed by atoms with Crippen LogP contribution in [0.5, 0.6) is 11.5 Å². The van der Waals surface area contributed by atoms with E-state index in [2.05, 4.69) is 17.1 Å². The lowest BCUT2D eigenvalue weighted by molar-refractivity contribution is -0.126. The highest BCUT2D eigenvalue weighted by atomic mass is 16.5. The molecule has 2 aliphatic heterocycles. The first-order valence-corrected chi connectivity index (χ1v) is 12.1. The van der Waals surface area contributed by atoms with Crippen LogP contribution in [-0.2, 0) is 22.5 Å². The molecule has 1 aromatic heterocycles. The number of hydrogen-bond donors (Lipinski definition) is 0. The predicted octanol–water partition coefficient (Wildman–Crippen LogP) is 2.07. The maximum atomic E-state index is 13.0. The lowest BCUT2D eigenvalue weighted by Crippen LogP contribution is -2.29. The summed E-state index contributed by atoms with van der Waals surface area (Å²) in [7, 11) is 4.73. The number of pyridine rings is 1. The number of rotatable bonds is 8. The van der Waals surface area contributed by atoms with Crippen LogP contribution in [0, 0.1) is 5.92 Å². The molecule has 1 aromatic carbocycles. The van der Waals surface area contributed by atoms with Crippen LogP contribution in [0.2, 0.25) is 0 Å². The van der Waals surface area contributed by atoms with Crippen LogP contribution in [0.25, 0.3) is 6.08 Å². The maximum absolute atomic E-state index is 13.0. The van der Waals surface area contributed by atoms with Gasteiger partial charge in [-0.2, -0.15) is 0 Å². The van der Waals surface area contributed by atoms with Crippen LogP contribution in [0.1, 0.15) is 28.0 Å². The molecular weight excluding hydrogens is 462 g/mol. The standard InChI is InChI=1S/C27H33N3O6/c1-28-17-20(15-24(28)31)18-36-23-16-25(32)30-14-13-29(12-10-22(30)26(23)27(33)35-3)11-4-5-19-6-8-21(34-2)9-7-19/h4-9,16,20H,10-15,17-18H2,1-3H3/b5-4+/t20-/m1/s1. The van der Waals surface area contributed by atoms with Gasteiger partial charge in [0.05, 0.1) is 20.8 Å². The number of hydrogen-bond acceptors (Lipinski definition) is 7. The number of fused-ring (bicyclic) bond motifs is 1. The van der Waals surface area contributed by atoms with E-state index in [9.17, 15) is 14.4 Å². The Kier molecular flexibility index (Phi) is 8.10. The molecule has 0 saturated carbocycles. The highest BCUT2D eigenvalue weighted by Crippen LogP contribution is 2.26. The summed E-state index contributed by atoms with van der Waals surface area (Å²) >= 11 is 0. The third kappa shape index (κ3) is 5.79. The van der Waals surface area contributed by atoms with Crippen molar-refractivity contribution in [3.8, 4) is 11.5 Å². The van der Waals surface area contributed by atoms with Gasteiger partial charge in [-0.05, 0) is 17.7 Å². The Bertz CT molecular complexity index is 1190. The fourth-order valence-corrected chi connectivity index (χ4v) is 4.74. The fourth-order valence-electron chi connectivity index (χ4n) is 4.74. The molecule has 2 aliphatic rings. The Morgan fingerprint density at radius 3 is 2.56 bits per heavy atom. The van der Waals surface area contributed by atoms with Crippen molar-refractivity contribution in [3.63, 3.8) is 0 Å². The lowest BCUT2D eigenvalue weighted by atomic mass is 10.1. The molecule has 192 valence electrons. The van der Waals surface area contributed by atoms with Gasteiger partial charge in [0.25, 0.3) is 5.56 Å². The summed E-state index contributed by atoms with van der Waals surface area (Å²) in [6.45, 7) is 3.39. The Hall–Kier alpha value is -3.59. The van der Waals surface area contributed by atoms with Crippen molar-refractivity contribution in [2.45, 2.75) is 19.4 Å². The maximum Gasteiger partial charge on any atom is 0.343 e. The van der Waals surface area contributed by atoms with Gasteiger partial charge in [0, 0.05) is 70.3 Å². The van der Waals surface area contributed by atoms with Gasteiger partial charge in [-0.25, -0.2) is 4.79 Å². The highest BCUT2D eigenvalue weighted by Gasteiger charge is 2.29. The van der Waals surface area contributed by atoms with E-state index in [1.54, 1.807) is 23.6 Å². The van der Waals surface area contributed by atoms with Crippen LogP contribution >= 0.6 is 0 Å². The number of carbonyl (C=O) groups excluding carboxylic acids is 2. The molecule has 0 spiro atoms. The van der Waals surface area contributed by atoms with E-state index < -0.39 is 5.97 Å². The molecule has 0 N–H and O–H groups in total. The zero-order valence-electron chi connectivity index (χ0n) is 21.1. The average Bonchev–Trinajstić information content (AvgIpc) is 3.06. The van der Waals surface area contributed by atoms with E-state index in [1.807, 2.05) is 24.3 Å².